The first-order valence-electron chi connectivity index (χ1n) is 9.04. The van der Waals surface area contributed by atoms with E-state index >= 15 is 0 Å². The minimum absolute atomic E-state index is 0.0301. The zero-order valence-electron chi connectivity index (χ0n) is 16.3. The van der Waals surface area contributed by atoms with Crippen molar-refractivity contribution >= 4 is 18.0 Å². The van der Waals surface area contributed by atoms with Crippen LogP contribution in [-0.4, -0.2) is 53.5 Å². The first-order valence-corrected chi connectivity index (χ1v) is 9.04. The lowest BCUT2D eigenvalue weighted by molar-refractivity contribution is -0.174. The number of carboxylic acids is 1. The predicted octanol–water partition coefficient (Wildman–Crippen LogP) is 2.80. The Kier molecular flexibility index (Phi) is 7.35. The Bertz CT molecular complexity index is 771. The number of esters is 1. The Morgan fingerprint density at radius 3 is 2.52 bits per heavy atom. The van der Waals surface area contributed by atoms with Crippen LogP contribution in [0.15, 0.2) is 18.2 Å². The number of hydrogen-bond donors (Lipinski definition) is 1. The third kappa shape index (κ3) is 5.78. The quantitative estimate of drug-likeness (QED) is 0.540. The van der Waals surface area contributed by atoms with Crippen molar-refractivity contribution in [2.75, 3.05) is 13.2 Å². The maximum absolute atomic E-state index is 13.7. The molecule has 1 saturated heterocycles. The van der Waals surface area contributed by atoms with Crippen LogP contribution in [0, 0.1) is 23.5 Å². The van der Waals surface area contributed by atoms with E-state index in [0.717, 1.165) is 17.9 Å². The van der Waals surface area contributed by atoms with Gasteiger partial charge in [-0.25, -0.2) is 14.0 Å². The average molecular weight is 415 g/mol. The van der Waals surface area contributed by atoms with Gasteiger partial charge in [0, 0.05) is 25.3 Å². The van der Waals surface area contributed by atoms with Crippen LogP contribution in [0.1, 0.15) is 27.2 Å². The Labute approximate surface area is 166 Å². The molecule has 2 rings (SSSR count). The number of halogens is 2. The van der Waals surface area contributed by atoms with Gasteiger partial charge in [0.15, 0.2) is 11.6 Å². The third-order valence-electron chi connectivity index (χ3n) is 4.34. The molecule has 1 aliphatic rings. The van der Waals surface area contributed by atoms with Gasteiger partial charge in [-0.1, -0.05) is 19.9 Å². The van der Waals surface area contributed by atoms with Gasteiger partial charge in [-0.2, -0.15) is 4.39 Å². The van der Waals surface area contributed by atoms with Crippen molar-refractivity contribution in [2.45, 2.75) is 39.5 Å². The molecule has 1 aromatic rings. The van der Waals surface area contributed by atoms with Crippen molar-refractivity contribution in [1.82, 2.24) is 4.90 Å². The SMILES string of the molecule is CC(=O)O[C@@H](OC(=O)N1C[C@@H](COc2cccc(F)c2F)C[C@H]1C(=O)O)C(C)C. The van der Waals surface area contributed by atoms with E-state index in [2.05, 4.69) is 0 Å². The highest BCUT2D eigenvalue weighted by Gasteiger charge is 2.42. The number of hydrogen-bond acceptors (Lipinski definition) is 6. The van der Waals surface area contributed by atoms with E-state index in [1.807, 2.05) is 0 Å². The maximum Gasteiger partial charge on any atom is 0.413 e. The molecule has 1 heterocycles. The van der Waals surface area contributed by atoms with Crippen molar-refractivity contribution in [3.05, 3.63) is 29.8 Å². The molecule has 0 unspecified atom stereocenters. The highest BCUT2D eigenvalue weighted by atomic mass is 19.2. The first kappa shape index (κ1) is 22.4. The lowest BCUT2D eigenvalue weighted by Crippen LogP contribution is -2.43. The molecule has 0 aliphatic carbocycles. The fraction of sp³-hybridized carbons (Fsp3) is 0.526. The zero-order chi connectivity index (χ0) is 21.7. The van der Waals surface area contributed by atoms with Crippen LogP contribution in [0.25, 0.3) is 0 Å². The number of rotatable bonds is 7. The summed E-state index contributed by atoms with van der Waals surface area (Å²) >= 11 is 0. The highest BCUT2D eigenvalue weighted by Crippen LogP contribution is 2.27. The predicted molar refractivity (Wildman–Crippen MR) is 95.0 cm³/mol. The molecule has 0 spiro atoms. The van der Waals surface area contributed by atoms with E-state index in [-0.39, 0.29) is 31.2 Å². The smallest absolute Gasteiger partial charge is 0.413 e. The second-order valence-electron chi connectivity index (χ2n) is 7.08. The topological polar surface area (TPSA) is 102 Å². The molecule has 1 fully saturated rings. The molecule has 0 saturated carbocycles. The number of amides is 1. The van der Waals surface area contributed by atoms with Crippen LogP contribution < -0.4 is 4.74 Å². The Morgan fingerprint density at radius 2 is 1.93 bits per heavy atom. The van der Waals surface area contributed by atoms with E-state index in [0.29, 0.717) is 0 Å². The molecule has 160 valence electrons. The fourth-order valence-corrected chi connectivity index (χ4v) is 2.91. The van der Waals surface area contributed by atoms with Crippen LogP contribution in [0.3, 0.4) is 0 Å². The molecule has 1 aliphatic heterocycles. The van der Waals surface area contributed by atoms with E-state index in [4.69, 9.17) is 14.2 Å². The molecule has 1 aromatic carbocycles. The number of aliphatic carboxylic acids is 1. The van der Waals surface area contributed by atoms with Crippen molar-refractivity contribution in [1.29, 1.82) is 0 Å². The van der Waals surface area contributed by atoms with Gasteiger partial charge < -0.3 is 19.3 Å². The largest absolute Gasteiger partial charge is 0.490 e. The van der Waals surface area contributed by atoms with Crippen molar-refractivity contribution < 1.29 is 42.5 Å². The fourth-order valence-electron chi connectivity index (χ4n) is 2.91. The van der Waals surface area contributed by atoms with Crippen molar-refractivity contribution in [3.63, 3.8) is 0 Å². The van der Waals surface area contributed by atoms with Gasteiger partial charge in [0.25, 0.3) is 6.29 Å². The number of carbonyl (C=O) groups is 3. The highest BCUT2D eigenvalue weighted by molar-refractivity contribution is 5.81. The monoisotopic (exact) mass is 415 g/mol. The number of carbonyl (C=O) groups excluding carboxylic acids is 2. The number of nitrogens with zero attached hydrogens (tertiary/aromatic N) is 1. The summed E-state index contributed by atoms with van der Waals surface area (Å²) in [5.74, 6) is -5.18. The molecular formula is C19H23F2NO7. The summed E-state index contributed by atoms with van der Waals surface area (Å²) in [6.07, 6.45) is -2.07. The van der Waals surface area contributed by atoms with Gasteiger partial charge in [0.2, 0.25) is 5.82 Å². The van der Waals surface area contributed by atoms with Crippen LogP contribution in [0.4, 0.5) is 13.6 Å². The normalized spacial score (nSPS) is 19.7. The summed E-state index contributed by atoms with van der Waals surface area (Å²) in [6.45, 7) is 4.36. The van der Waals surface area contributed by atoms with E-state index in [1.165, 1.54) is 12.1 Å². The molecule has 29 heavy (non-hydrogen) atoms. The number of likely N-dealkylation sites (tertiary alicyclic amines) is 1. The molecule has 0 bridgehead atoms. The zero-order valence-corrected chi connectivity index (χ0v) is 16.3. The molecule has 1 N–H and O–H groups in total. The van der Waals surface area contributed by atoms with Crippen LogP contribution in [0.2, 0.25) is 0 Å². The van der Waals surface area contributed by atoms with Crippen molar-refractivity contribution in [2.24, 2.45) is 11.8 Å². The maximum atomic E-state index is 13.7. The van der Waals surface area contributed by atoms with Crippen LogP contribution in [0.5, 0.6) is 5.75 Å². The standard InChI is InChI=1S/C19H23F2NO7/c1-10(2)18(28-11(3)23)29-19(26)22-8-12(7-14(22)17(24)25)9-27-15-6-4-5-13(20)16(15)21/h4-6,10,12,14,18H,7-9H2,1-3H3,(H,24,25)/t12-,14-,18-/m0/s1. The molecule has 3 atom stereocenters. The average Bonchev–Trinajstić information content (AvgIpc) is 3.06. The molecule has 0 aromatic heterocycles. The summed E-state index contributed by atoms with van der Waals surface area (Å²) in [6, 6.07) is 2.30. The summed E-state index contributed by atoms with van der Waals surface area (Å²) in [5, 5.41) is 9.42. The second-order valence-corrected chi connectivity index (χ2v) is 7.08. The molecule has 1 amide bonds. The molecule has 10 heteroatoms. The van der Waals surface area contributed by atoms with Gasteiger partial charge in [0.05, 0.1) is 6.61 Å². The summed E-state index contributed by atoms with van der Waals surface area (Å²) < 4.78 is 42.3. The first-order chi connectivity index (χ1) is 13.6. The number of benzene rings is 1. The van der Waals surface area contributed by atoms with E-state index < -0.39 is 47.9 Å². The third-order valence-corrected chi connectivity index (χ3v) is 4.34. The van der Waals surface area contributed by atoms with Crippen LogP contribution in [-0.2, 0) is 19.1 Å². The number of ether oxygens (including phenoxy) is 3. The van der Waals surface area contributed by atoms with Gasteiger partial charge in [-0.3, -0.25) is 9.69 Å². The Hall–Kier alpha value is -2.91. The molecule has 0 radical (unpaired) electrons. The minimum atomic E-state index is -1.24. The molecular weight excluding hydrogens is 392 g/mol. The van der Waals surface area contributed by atoms with E-state index in [1.54, 1.807) is 13.8 Å². The number of carboxylic acid groups (broad SMARTS) is 1. The van der Waals surface area contributed by atoms with Gasteiger partial charge in [0.1, 0.15) is 6.04 Å². The Morgan fingerprint density at radius 1 is 1.24 bits per heavy atom. The molecule has 8 nitrogen and oxygen atoms in total. The summed E-state index contributed by atoms with van der Waals surface area (Å²) in [4.78, 5) is 36.2. The van der Waals surface area contributed by atoms with Gasteiger partial charge in [-0.15, -0.1) is 0 Å². The minimum Gasteiger partial charge on any atom is -0.490 e. The Balaban J connectivity index is 2.04. The van der Waals surface area contributed by atoms with Crippen molar-refractivity contribution in [3.8, 4) is 5.75 Å². The van der Waals surface area contributed by atoms with Gasteiger partial charge >= 0.3 is 18.0 Å². The van der Waals surface area contributed by atoms with Gasteiger partial charge in [-0.05, 0) is 18.6 Å². The summed E-state index contributed by atoms with van der Waals surface area (Å²) in [5.41, 5.74) is 0. The summed E-state index contributed by atoms with van der Waals surface area (Å²) in [7, 11) is 0. The lowest BCUT2D eigenvalue weighted by atomic mass is 10.1. The van der Waals surface area contributed by atoms with E-state index in [9.17, 15) is 28.3 Å². The second kappa shape index (κ2) is 9.53. The lowest BCUT2D eigenvalue weighted by Gasteiger charge is -2.26. The van der Waals surface area contributed by atoms with Crippen LogP contribution >= 0.6 is 0 Å².